The molecule has 1 spiro atoms. The molecule has 1 amide bonds. The average Bonchev–Trinajstić information content (AvgIpc) is 2.68. The van der Waals surface area contributed by atoms with Crippen molar-refractivity contribution in [1.29, 1.82) is 0 Å². The summed E-state index contributed by atoms with van der Waals surface area (Å²) < 4.78 is 5.37. The summed E-state index contributed by atoms with van der Waals surface area (Å²) in [5, 5.41) is 6.47. The Kier molecular flexibility index (Phi) is 3.85. The number of alkyl carbamates (subject to hydrolysis) is 1. The van der Waals surface area contributed by atoms with Crippen LogP contribution in [0.5, 0.6) is 0 Å². The number of nitrogens with one attached hydrogen (secondary N) is 2. The van der Waals surface area contributed by atoms with E-state index in [1.54, 1.807) is 0 Å². The molecule has 2 rings (SSSR count). The molecule has 2 fully saturated rings. The monoisotopic (exact) mass is 254 g/mol. The number of hydrogen-bond acceptors (Lipinski definition) is 3. The third-order valence-electron chi connectivity index (χ3n) is 4.18. The molecule has 0 aromatic carbocycles. The Bertz CT molecular complexity index is 303. The Hall–Kier alpha value is -0.770. The number of carbonyl (C=O) groups excluding carboxylic acids is 1. The number of hydrogen-bond donors (Lipinski definition) is 2. The van der Waals surface area contributed by atoms with Gasteiger partial charge in [0, 0.05) is 6.54 Å². The quantitative estimate of drug-likeness (QED) is 0.755. The highest BCUT2D eigenvalue weighted by Crippen LogP contribution is 2.45. The summed E-state index contributed by atoms with van der Waals surface area (Å²) in [6.07, 6.45) is 5.99. The number of carbonyl (C=O) groups is 1. The molecule has 1 unspecified atom stereocenters. The predicted octanol–water partition coefficient (Wildman–Crippen LogP) is 2.43. The fraction of sp³-hybridized carbons (Fsp3) is 0.929. The van der Waals surface area contributed by atoms with E-state index in [2.05, 4.69) is 10.6 Å². The molecule has 0 radical (unpaired) electrons. The van der Waals surface area contributed by atoms with Crippen LogP contribution >= 0.6 is 0 Å². The first kappa shape index (κ1) is 13.7. The Labute approximate surface area is 110 Å². The molecule has 2 aliphatic rings. The van der Waals surface area contributed by atoms with E-state index in [1.807, 2.05) is 20.8 Å². The van der Waals surface area contributed by atoms with Crippen LogP contribution in [0.4, 0.5) is 4.79 Å². The van der Waals surface area contributed by atoms with E-state index in [0.717, 1.165) is 13.1 Å². The van der Waals surface area contributed by atoms with E-state index >= 15 is 0 Å². The third kappa shape index (κ3) is 3.16. The number of piperidine rings is 1. The van der Waals surface area contributed by atoms with E-state index < -0.39 is 5.60 Å². The van der Waals surface area contributed by atoms with Gasteiger partial charge in [-0.3, -0.25) is 0 Å². The zero-order valence-electron chi connectivity index (χ0n) is 11.8. The summed E-state index contributed by atoms with van der Waals surface area (Å²) in [6, 6.07) is 0.226. The van der Waals surface area contributed by atoms with E-state index in [0.29, 0.717) is 5.41 Å². The zero-order valence-corrected chi connectivity index (χ0v) is 11.8. The number of ether oxygens (including phenoxy) is 1. The molecule has 0 aromatic rings. The first-order chi connectivity index (χ1) is 8.41. The van der Waals surface area contributed by atoms with Crippen LogP contribution in [0.2, 0.25) is 0 Å². The molecular weight excluding hydrogens is 228 g/mol. The second-order valence-electron chi connectivity index (χ2n) is 6.72. The summed E-state index contributed by atoms with van der Waals surface area (Å²) in [4.78, 5) is 11.9. The lowest BCUT2D eigenvalue weighted by atomic mass is 9.73. The van der Waals surface area contributed by atoms with Gasteiger partial charge >= 0.3 is 6.09 Å². The Morgan fingerprint density at radius 1 is 1.28 bits per heavy atom. The molecule has 1 atom stereocenters. The summed E-state index contributed by atoms with van der Waals surface area (Å²) in [5.74, 6) is 0. The average molecular weight is 254 g/mol. The van der Waals surface area contributed by atoms with Gasteiger partial charge in [-0.25, -0.2) is 4.79 Å². The maximum atomic E-state index is 11.9. The van der Waals surface area contributed by atoms with Gasteiger partial charge in [-0.1, -0.05) is 12.8 Å². The van der Waals surface area contributed by atoms with Crippen molar-refractivity contribution in [2.45, 2.75) is 64.5 Å². The Morgan fingerprint density at radius 2 is 1.94 bits per heavy atom. The lowest BCUT2D eigenvalue weighted by Crippen LogP contribution is -2.57. The summed E-state index contributed by atoms with van der Waals surface area (Å²) in [6.45, 7) is 7.65. The molecular formula is C14H26N2O2. The standard InChI is InChI=1S/C14H26N2O2/c1-13(2,3)18-12(17)16-11-10-15-9-8-14(11)6-4-5-7-14/h11,15H,4-10H2,1-3H3,(H,16,17). The molecule has 1 heterocycles. The third-order valence-corrected chi connectivity index (χ3v) is 4.18. The molecule has 4 heteroatoms. The maximum absolute atomic E-state index is 11.9. The fourth-order valence-electron chi connectivity index (χ4n) is 3.31. The molecule has 104 valence electrons. The van der Waals surface area contributed by atoms with Gasteiger partial charge in [0.15, 0.2) is 0 Å². The highest BCUT2D eigenvalue weighted by molar-refractivity contribution is 5.68. The van der Waals surface area contributed by atoms with E-state index in [1.165, 1.54) is 32.1 Å². The van der Waals surface area contributed by atoms with Gasteiger partial charge in [0.25, 0.3) is 0 Å². The van der Waals surface area contributed by atoms with Crippen LogP contribution in [0.25, 0.3) is 0 Å². The van der Waals surface area contributed by atoms with Crippen molar-refractivity contribution in [3.05, 3.63) is 0 Å². The molecule has 2 N–H and O–H groups in total. The lowest BCUT2D eigenvalue weighted by molar-refractivity contribution is 0.0407. The molecule has 0 aromatic heterocycles. The second-order valence-corrected chi connectivity index (χ2v) is 6.72. The Balaban J connectivity index is 1.96. The van der Waals surface area contributed by atoms with Gasteiger partial charge in [-0.15, -0.1) is 0 Å². The first-order valence-corrected chi connectivity index (χ1v) is 7.12. The van der Waals surface area contributed by atoms with E-state index in [4.69, 9.17) is 4.74 Å². The maximum Gasteiger partial charge on any atom is 0.407 e. The molecule has 1 aliphatic carbocycles. The SMILES string of the molecule is CC(C)(C)OC(=O)NC1CNCCC12CCCC2. The van der Waals surface area contributed by atoms with E-state index in [9.17, 15) is 4.79 Å². The highest BCUT2D eigenvalue weighted by atomic mass is 16.6. The summed E-state index contributed by atoms with van der Waals surface area (Å²) in [7, 11) is 0. The summed E-state index contributed by atoms with van der Waals surface area (Å²) in [5.41, 5.74) is -0.100. The van der Waals surface area contributed by atoms with Crippen LogP contribution in [-0.2, 0) is 4.74 Å². The van der Waals surface area contributed by atoms with Crippen LogP contribution in [0.15, 0.2) is 0 Å². The summed E-state index contributed by atoms with van der Waals surface area (Å²) >= 11 is 0. The van der Waals surface area contributed by atoms with Crippen molar-refractivity contribution in [1.82, 2.24) is 10.6 Å². The van der Waals surface area contributed by atoms with Gasteiger partial charge in [-0.2, -0.15) is 0 Å². The molecule has 18 heavy (non-hydrogen) atoms. The van der Waals surface area contributed by atoms with E-state index in [-0.39, 0.29) is 12.1 Å². The Morgan fingerprint density at radius 3 is 2.56 bits per heavy atom. The minimum absolute atomic E-state index is 0.226. The van der Waals surface area contributed by atoms with Crippen molar-refractivity contribution in [2.75, 3.05) is 13.1 Å². The predicted molar refractivity (Wildman–Crippen MR) is 71.5 cm³/mol. The van der Waals surface area contributed by atoms with Gasteiger partial charge in [-0.05, 0) is 52.0 Å². The van der Waals surface area contributed by atoms with Gasteiger partial charge < -0.3 is 15.4 Å². The van der Waals surface area contributed by atoms with Crippen LogP contribution in [-0.4, -0.2) is 30.8 Å². The van der Waals surface area contributed by atoms with Crippen LogP contribution in [0.3, 0.4) is 0 Å². The molecule has 1 saturated carbocycles. The smallest absolute Gasteiger partial charge is 0.407 e. The fourth-order valence-corrected chi connectivity index (χ4v) is 3.31. The van der Waals surface area contributed by atoms with Gasteiger partial charge in [0.05, 0.1) is 6.04 Å². The van der Waals surface area contributed by atoms with Crippen molar-refractivity contribution >= 4 is 6.09 Å². The van der Waals surface area contributed by atoms with Crippen molar-refractivity contribution in [2.24, 2.45) is 5.41 Å². The van der Waals surface area contributed by atoms with Gasteiger partial charge in [0.2, 0.25) is 0 Å². The molecule has 1 aliphatic heterocycles. The topological polar surface area (TPSA) is 50.4 Å². The lowest BCUT2D eigenvalue weighted by Gasteiger charge is -2.42. The van der Waals surface area contributed by atoms with Gasteiger partial charge in [0.1, 0.15) is 5.60 Å². The molecule has 1 saturated heterocycles. The van der Waals surface area contributed by atoms with Crippen molar-refractivity contribution in [3.8, 4) is 0 Å². The first-order valence-electron chi connectivity index (χ1n) is 7.12. The van der Waals surface area contributed by atoms with Crippen molar-refractivity contribution < 1.29 is 9.53 Å². The van der Waals surface area contributed by atoms with Crippen LogP contribution < -0.4 is 10.6 Å². The minimum Gasteiger partial charge on any atom is -0.444 e. The van der Waals surface area contributed by atoms with Crippen LogP contribution in [0.1, 0.15) is 52.9 Å². The minimum atomic E-state index is -0.422. The normalized spacial score (nSPS) is 27.2. The largest absolute Gasteiger partial charge is 0.444 e. The van der Waals surface area contributed by atoms with Crippen LogP contribution in [0, 0.1) is 5.41 Å². The number of rotatable bonds is 1. The molecule has 0 bridgehead atoms. The molecule has 4 nitrogen and oxygen atoms in total. The second kappa shape index (κ2) is 5.08. The highest BCUT2D eigenvalue weighted by Gasteiger charge is 2.43. The van der Waals surface area contributed by atoms with Crippen molar-refractivity contribution in [3.63, 3.8) is 0 Å². The zero-order chi connectivity index (χ0) is 13.2. The number of amides is 1.